The molecule has 1 amide bonds. The Morgan fingerprint density at radius 3 is 2.45 bits per heavy atom. The minimum Gasteiger partial charge on any atom is -0.452 e. The second-order valence-electron chi connectivity index (χ2n) is 8.26. The summed E-state index contributed by atoms with van der Waals surface area (Å²) < 4.78 is 32.4. The van der Waals surface area contributed by atoms with Gasteiger partial charge in [0, 0.05) is 5.54 Å². The Morgan fingerprint density at radius 2 is 1.86 bits per heavy atom. The molecular formula is C20H27N3O5S. The highest BCUT2D eigenvalue weighted by molar-refractivity contribution is 7.89. The molecule has 0 atom stereocenters. The van der Waals surface area contributed by atoms with Gasteiger partial charge < -0.3 is 10.1 Å². The van der Waals surface area contributed by atoms with E-state index in [1.54, 1.807) is 20.8 Å². The number of amides is 1. The van der Waals surface area contributed by atoms with Crippen molar-refractivity contribution >= 4 is 21.9 Å². The summed E-state index contributed by atoms with van der Waals surface area (Å²) in [5.41, 5.74) is -1.57. The van der Waals surface area contributed by atoms with Crippen LogP contribution < -0.4 is 10.0 Å². The molecule has 158 valence electrons. The Labute approximate surface area is 171 Å². The topological polar surface area (TPSA) is 125 Å². The minimum absolute atomic E-state index is 0.0160. The molecule has 1 aliphatic rings. The van der Waals surface area contributed by atoms with Crippen molar-refractivity contribution in [1.29, 1.82) is 5.26 Å². The van der Waals surface area contributed by atoms with E-state index in [4.69, 9.17) is 4.74 Å². The number of ether oxygens (including phenoxy) is 1. The number of esters is 1. The van der Waals surface area contributed by atoms with E-state index in [1.165, 1.54) is 24.3 Å². The third-order valence-electron chi connectivity index (χ3n) is 4.45. The molecule has 1 aromatic rings. The maximum Gasteiger partial charge on any atom is 0.338 e. The molecule has 2 N–H and O–H groups in total. The van der Waals surface area contributed by atoms with Gasteiger partial charge in [0.25, 0.3) is 5.91 Å². The Hall–Kier alpha value is -2.44. The van der Waals surface area contributed by atoms with Gasteiger partial charge in [0.05, 0.1) is 16.5 Å². The van der Waals surface area contributed by atoms with Gasteiger partial charge in [-0.2, -0.15) is 5.26 Å². The number of nitriles is 1. The highest BCUT2D eigenvalue weighted by atomic mass is 32.2. The van der Waals surface area contributed by atoms with Crippen molar-refractivity contribution in [1.82, 2.24) is 10.0 Å². The van der Waals surface area contributed by atoms with E-state index in [-0.39, 0.29) is 10.5 Å². The fourth-order valence-electron chi connectivity index (χ4n) is 3.19. The van der Waals surface area contributed by atoms with Crippen molar-refractivity contribution in [3.8, 4) is 6.07 Å². The van der Waals surface area contributed by atoms with E-state index in [0.29, 0.717) is 12.8 Å². The van der Waals surface area contributed by atoms with Gasteiger partial charge in [-0.05, 0) is 51.8 Å². The fraction of sp³-hybridized carbons (Fsp3) is 0.550. The van der Waals surface area contributed by atoms with Crippen molar-refractivity contribution in [2.24, 2.45) is 0 Å². The molecule has 0 aromatic heterocycles. The molecule has 1 fully saturated rings. The average molecular weight is 422 g/mol. The third-order valence-corrected chi connectivity index (χ3v) is 6.21. The van der Waals surface area contributed by atoms with Crippen LogP contribution in [0.1, 0.15) is 63.2 Å². The standard InChI is InChI=1S/C20H27N3O5S/c1-19(2,3)23-29(26,27)16-9-7-8-15(12-16)18(25)28-13-17(24)22-20(14-21)10-5-4-6-11-20/h7-9,12,23H,4-6,10-11,13H2,1-3H3,(H,22,24). The predicted molar refractivity (Wildman–Crippen MR) is 106 cm³/mol. The lowest BCUT2D eigenvalue weighted by Gasteiger charge is -2.31. The first-order valence-electron chi connectivity index (χ1n) is 9.50. The van der Waals surface area contributed by atoms with Crippen LogP contribution in [-0.4, -0.2) is 38.0 Å². The zero-order valence-electron chi connectivity index (χ0n) is 16.9. The molecule has 1 aromatic carbocycles. The van der Waals surface area contributed by atoms with E-state index in [0.717, 1.165) is 19.3 Å². The summed E-state index contributed by atoms with van der Waals surface area (Å²) >= 11 is 0. The summed E-state index contributed by atoms with van der Waals surface area (Å²) in [7, 11) is -3.81. The number of carbonyl (C=O) groups is 2. The lowest BCUT2D eigenvalue weighted by Crippen LogP contribution is -2.50. The number of nitrogens with zero attached hydrogens (tertiary/aromatic N) is 1. The van der Waals surface area contributed by atoms with Gasteiger partial charge in [-0.3, -0.25) is 4.79 Å². The molecule has 0 radical (unpaired) electrons. The van der Waals surface area contributed by atoms with Crippen LogP contribution in [0.3, 0.4) is 0 Å². The van der Waals surface area contributed by atoms with Crippen LogP contribution in [0.5, 0.6) is 0 Å². The quantitative estimate of drug-likeness (QED) is 0.679. The number of rotatable bonds is 6. The first-order valence-corrected chi connectivity index (χ1v) is 11.0. The maximum absolute atomic E-state index is 12.4. The van der Waals surface area contributed by atoms with Crippen LogP contribution in [0.2, 0.25) is 0 Å². The van der Waals surface area contributed by atoms with Gasteiger partial charge in [0.2, 0.25) is 10.0 Å². The monoisotopic (exact) mass is 421 g/mol. The van der Waals surface area contributed by atoms with Gasteiger partial charge >= 0.3 is 5.97 Å². The molecule has 8 nitrogen and oxygen atoms in total. The summed E-state index contributed by atoms with van der Waals surface area (Å²) in [4.78, 5) is 24.3. The summed E-state index contributed by atoms with van der Waals surface area (Å²) in [5.74, 6) is -1.37. The summed E-state index contributed by atoms with van der Waals surface area (Å²) in [5, 5.41) is 12.1. The zero-order chi connectivity index (χ0) is 21.7. The molecule has 0 unspecified atom stereocenters. The van der Waals surface area contributed by atoms with Gasteiger partial charge in [0.1, 0.15) is 5.54 Å². The van der Waals surface area contributed by atoms with E-state index < -0.39 is 39.6 Å². The molecule has 0 aliphatic heterocycles. The Bertz CT molecular complexity index is 907. The van der Waals surface area contributed by atoms with E-state index in [2.05, 4.69) is 16.1 Å². The van der Waals surface area contributed by atoms with Crippen LogP contribution in [0.15, 0.2) is 29.2 Å². The Morgan fingerprint density at radius 1 is 1.21 bits per heavy atom. The lowest BCUT2D eigenvalue weighted by atomic mass is 9.83. The van der Waals surface area contributed by atoms with Crippen molar-refractivity contribution in [2.75, 3.05) is 6.61 Å². The van der Waals surface area contributed by atoms with E-state index >= 15 is 0 Å². The maximum atomic E-state index is 12.4. The van der Waals surface area contributed by atoms with Crippen LogP contribution in [-0.2, 0) is 19.6 Å². The number of hydrogen-bond donors (Lipinski definition) is 2. The molecule has 29 heavy (non-hydrogen) atoms. The van der Waals surface area contributed by atoms with E-state index in [1.807, 2.05) is 0 Å². The van der Waals surface area contributed by atoms with Crippen LogP contribution in [0.25, 0.3) is 0 Å². The predicted octanol–water partition coefficient (Wildman–Crippen LogP) is 2.26. The first-order chi connectivity index (χ1) is 13.5. The molecule has 1 saturated carbocycles. The van der Waals surface area contributed by atoms with Crippen LogP contribution >= 0.6 is 0 Å². The molecule has 2 rings (SSSR count). The van der Waals surface area contributed by atoms with E-state index in [9.17, 15) is 23.3 Å². The number of sulfonamides is 1. The first kappa shape index (κ1) is 22.8. The van der Waals surface area contributed by atoms with Gasteiger partial charge in [-0.15, -0.1) is 0 Å². The summed E-state index contributed by atoms with van der Waals surface area (Å²) in [6.07, 6.45) is 3.89. The lowest BCUT2D eigenvalue weighted by molar-refractivity contribution is -0.125. The van der Waals surface area contributed by atoms with Crippen molar-refractivity contribution < 1.29 is 22.7 Å². The van der Waals surface area contributed by atoms with Crippen molar-refractivity contribution in [3.63, 3.8) is 0 Å². The third kappa shape index (κ3) is 6.54. The Balaban J connectivity index is 2.01. The molecular weight excluding hydrogens is 394 g/mol. The average Bonchev–Trinajstić information content (AvgIpc) is 2.65. The number of carbonyl (C=O) groups excluding carboxylic acids is 2. The molecule has 0 bridgehead atoms. The van der Waals surface area contributed by atoms with Gasteiger partial charge in [-0.25, -0.2) is 17.9 Å². The molecule has 1 aliphatic carbocycles. The summed E-state index contributed by atoms with van der Waals surface area (Å²) in [6.45, 7) is 4.59. The van der Waals surface area contributed by atoms with Crippen molar-refractivity contribution in [2.45, 2.75) is 68.8 Å². The smallest absolute Gasteiger partial charge is 0.338 e. The Kier molecular flexibility index (Phi) is 7.03. The highest BCUT2D eigenvalue weighted by Gasteiger charge is 2.33. The second kappa shape index (κ2) is 8.93. The number of nitrogens with one attached hydrogen (secondary N) is 2. The van der Waals surface area contributed by atoms with Crippen molar-refractivity contribution in [3.05, 3.63) is 29.8 Å². The molecule has 9 heteroatoms. The number of hydrogen-bond acceptors (Lipinski definition) is 6. The SMILES string of the molecule is CC(C)(C)NS(=O)(=O)c1cccc(C(=O)OCC(=O)NC2(C#N)CCCCC2)c1. The largest absolute Gasteiger partial charge is 0.452 e. The zero-order valence-corrected chi connectivity index (χ0v) is 17.8. The van der Waals surface area contributed by atoms with Crippen LogP contribution in [0.4, 0.5) is 0 Å². The molecule has 0 saturated heterocycles. The second-order valence-corrected chi connectivity index (χ2v) is 9.94. The fourth-order valence-corrected chi connectivity index (χ4v) is 4.65. The number of benzene rings is 1. The highest BCUT2D eigenvalue weighted by Crippen LogP contribution is 2.27. The molecule has 0 heterocycles. The normalized spacial score (nSPS) is 16.5. The minimum atomic E-state index is -3.81. The molecule has 0 spiro atoms. The van der Waals surface area contributed by atoms with Crippen LogP contribution in [0, 0.1) is 11.3 Å². The summed E-state index contributed by atoms with van der Waals surface area (Å²) in [6, 6.07) is 7.58. The van der Waals surface area contributed by atoms with Gasteiger partial charge in [-0.1, -0.05) is 25.3 Å². The van der Waals surface area contributed by atoms with Gasteiger partial charge in [0.15, 0.2) is 6.61 Å².